The maximum absolute atomic E-state index is 12.9. The van der Waals surface area contributed by atoms with Crippen molar-refractivity contribution < 1.29 is 4.79 Å². The van der Waals surface area contributed by atoms with Gasteiger partial charge in [-0.3, -0.25) is 9.69 Å². The monoisotopic (exact) mass is 441 g/mol. The lowest BCUT2D eigenvalue weighted by Gasteiger charge is -2.35. The molecule has 0 aromatic carbocycles. The van der Waals surface area contributed by atoms with Crippen molar-refractivity contribution in [2.24, 2.45) is 23.2 Å². The van der Waals surface area contributed by atoms with Crippen LogP contribution in [0.25, 0.3) is 0 Å². The van der Waals surface area contributed by atoms with E-state index in [2.05, 4.69) is 25.1 Å². The van der Waals surface area contributed by atoms with E-state index < -0.39 is 0 Å². The van der Waals surface area contributed by atoms with Crippen LogP contribution in [-0.4, -0.2) is 60.0 Å². The van der Waals surface area contributed by atoms with Crippen LogP contribution in [0.3, 0.4) is 0 Å². The molecule has 162 valence electrons. The van der Waals surface area contributed by atoms with Gasteiger partial charge in [-0.05, 0) is 68.9 Å². The molecule has 4 aliphatic carbocycles. The third-order valence-corrected chi connectivity index (χ3v) is 7.59. The third kappa shape index (κ3) is 4.35. The number of aromatic nitrogens is 2. The van der Waals surface area contributed by atoms with E-state index in [1.807, 2.05) is 6.07 Å². The summed E-state index contributed by atoms with van der Waals surface area (Å²) in [4.78, 5) is 26.4. The van der Waals surface area contributed by atoms with Gasteiger partial charge in [0.2, 0.25) is 11.9 Å². The quantitative estimate of drug-likeness (QED) is 0.687. The molecule has 1 aromatic heterocycles. The first-order chi connectivity index (χ1) is 13.2. The number of nitrogens with zero attached hydrogens (tertiary/aromatic N) is 4. The summed E-state index contributed by atoms with van der Waals surface area (Å²) in [5.74, 6) is 3.60. The first kappa shape index (κ1) is 22.6. The van der Waals surface area contributed by atoms with Crippen LogP contribution in [0.1, 0.15) is 38.5 Å². The van der Waals surface area contributed by atoms with Crippen LogP contribution in [0.15, 0.2) is 18.5 Å². The molecule has 4 saturated carbocycles. The molecule has 1 saturated heterocycles. The standard InChI is InChI=1S/C21H31N5O.2ClH/c27-19(21-14-16-11-17(15-21)13-18(21)12-16)22-5-2-6-25-7-9-26(10-8-25)20-23-3-1-4-24-20;;/h1,3-4,16-18H,2,5-15H2,(H,22,27);2*1H. The molecule has 29 heavy (non-hydrogen) atoms. The summed E-state index contributed by atoms with van der Waals surface area (Å²) in [6.45, 7) is 5.92. The van der Waals surface area contributed by atoms with Gasteiger partial charge in [0.25, 0.3) is 0 Å². The van der Waals surface area contributed by atoms with E-state index in [0.29, 0.717) is 11.8 Å². The first-order valence-corrected chi connectivity index (χ1v) is 10.8. The highest BCUT2D eigenvalue weighted by molar-refractivity contribution is 5.85. The molecular formula is C21H33Cl2N5O. The normalized spacial score (nSPS) is 32.6. The minimum atomic E-state index is 0. The first-order valence-electron chi connectivity index (χ1n) is 10.8. The predicted octanol–water partition coefficient (Wildman–Crippen LogP) is 2.77. The number of piperazine rings is 1. The van der Waals surface area contributed by atoms with Gasteiger partial charge in [-0.2, -0.15) is 0 Å². The average molecular weight is 442 g/mol. The second kappa shape index (κ2) is 9.36. The SMILES string of the molecule is Cl.Cl.O=C(NCCCN1CCN(c2ncccn2)CC1)C12CC3CC(CC1C3)C2. The number of rotatable bonds is 6. The Hall–Kier alpha value is -1.11. The molecule has 2 heterocycles. The van der Waals surface area contributed by atoms with E-state index in [1.165, 1.54) is 32.1 Å². The van der Waals surface area contributed by atoms with Gasteiger partial charge in [-0.25, -0.2) is 9.97 Å². The van der Waals surface area contributed by atoms with E-state index >= 15 is 0 Å². The molecule has 1 N–H and O–H groups in total. The van der Waals surface area contributed by atoms with E-state index in [1.54, 1.807) is 12.4 Å². The molecule has 8 heteroatoms. The smallest absolute Gasteiger partial charge is 0.226 e. The van der Waals surface area contributed by atoms with Crippen molar-refractivity contribution in [1.29, 1.82) is 0 Å². The number of amides is 1. The second-order valence-electron chi connectivity index (χ2n) is 9.19. The number of hydrogen-bond acceptors (Lipinski definition) is 5. The molecule has 2 unspecified atom stereocenters. The number of halogens is 2. The molecular weight excluding hydrogens is 409 g/mol. The summed E-state index contributed by atoms with van der Waals surface area (Å²) in [5, 5.41) is 3.31. The van der Waals surface area contributed by atoms with Crippen LogP contribution < -0.4 is 10.2 Å². The predicted molar refractivity (Wildman–Crippen MR) is 119 cm³/mol. The Kier molecular flexibility index (Phi) is 7.28. The molecule has 0 spiro atoms. The van der Waals surface area contributed by atoms with Gasteiger partial charge >= 0.3 is 0 Å². The Bertz CT molecular complexity index is 669. The van der Waals surface area contributed by atoms with Crippen molar-refractivity contribution in [1.82, 2.24) is 20.2 Å². The second-order valence-corrected chi connectivity index (χ2v) is 9.19. The van der Waals surface area contributed by atoms with Crippen molar-refractivity contribution in [2.75, 3.05) is 44.2 Å². The molecule has 6 rings (SSSR count). The topological polar surface area (TPSA) is 61.4 Å². The van der Waals surface area contributed by atoms with Gasteiger partial charge in [0.1, 0.15) is 0 Å². The largest absolute Gasteiger partial charge is 0.356 e. The summed E-state index contributed by atoms with van der Waals surface area (Å²) < 4.78 is 0. The molecule has 2 atom stereocenters. The van der Waals surface area contributed by atoms with Gasteiger partial charge in [0, 0.05) is 45.1 Å². The van der Waals surface area contributed by atoms with Crippen LogP contribution in [-0.2, 0) is 4.79 Å². The zero-order valence-corrected chi connectivity index (χ0v) is 18.6. The van der Waals surface area contributed by atoms with Crippen LogP contribution in [0, 0.1) is 23.2 Å². The highest BCUT2D eigenvalue weighted by atomic mass is 35.5. The summed E-state index contributed by atoms with van der Waals surface area (Å²) in [5.41, 5.74) is 0.0227. The van der Waals surface area contributed by atoms with E-state index in [0.717, 1.165) is 63.5 Å². The number of carbonyl (C=O) groups is 1. The lowest BCUT2D eigenvalue weighted by atomic mass is 9.75. The third-order valence-electron chi connectivity index (χ3n) is 7.59. The Morgan fingerprint density at radius 3 is 2.34 bits per heavy atom. The zero-order valence-electron chi connectivity index (χ0n) is 17.0. The Morgan fingerprint density at radius 1 is 1.03 bits per heavy atom. The molecule has 5 fully saturated rings. The number of anilines is 1. The van der Waals surface area contributed by atoms with Crippen LogP contribution in [0.2, 0.25) is 0 Å². The summed E-state index contributed by atoms with van der Waals surface area (Å²) in [6, 6.07) is 1.86. The van der Waals surface area contributed by atoms with Gasteiger partial charge in [0.05, 0.1) is 5.41 Å². The van der Waals surface area contributed by atoms with Gasteiger partial charge in [0.15, 0.2) is 0 Å². The molecule has 1 aromatic rings. The summed E-state index contributed by atoms with van der Waals surface area (Å²) in [6.07, 6.45) is 11.0. The lowest BCUT2D eigenvalue weighted by Crippen LogP contribution is -2.48. The van der Waals surface area contributed by atoms with E-state index in [4.69, 9.17) is 0 Å². The van der Waals surface area contributed by atoms with Gasteiger partial charge < -0.3 is 10.2 Å². The summed E-state index contributed by atoms with van der Waals surface area (Å²) >= 11 is 0. The van der Waals surface area contributed by atoms with Gasteiger partial charge in [-0.1, -0.05) is 0 Å². The van der Waals surface area contributed by atoms with Crippen LogP contribution in [0.5, 0.6) is 0 Å². The van der Waals surface area contributed by atoms with Crippen molar-refractivity contribution in [2.45, 2.75) is 38.5 Å². The van der Waals surface area contributed by atoms with Crippen molar-refractivity contribution in [3.63, 3.8) is 0 Å². The highest BCUT2D eigenvalue weighted by Crippen LogP contribution is 2.65. The molecule has 4 bridgehead atoms. The Labute approximate surface area is 186 Å². The maximum atomic E-state index is 12.9. The maximum Gasteiger partial charge on any atom is 0.226 e. The molecule has 0 radical (unpaired) electrons. The van der Waals surface area contributed by atoms with Gasteiger partial charge in [-0.15, -0.1) is 24.8 Å². The summed E-state index contributed by atoms with van der Waals surface area (Å²) in [7, 11) is 0. The number of hydrogen-bond donors (Lipinski definition) is 1. The number of nitrogens with one attached hydrogen (secondary N) is 1. The molecule has 5 aliphatic rings. The number of carbonyl (C=O) groups excluding carboxylic acids is 1. The fourth-order valence-corrected chi connectivity index (χ4v) is 6.47. The zero-order chi connectivity index (χ0) is 18.3. The molecule has 6 nitrogen and oxygen atoms in total. The van der Waals surface area contributed by atoms with Crippen molar-refractivity contribution in [3.8, 4) is 0 Å². The van der Waals surface area contributed by atoms with Crippen molar-refractivity contribution in [3.05, 3.63) is 18.5 Å². The molecule has 1 aliphatic heterocycles. The fraction of sp³-hybridized carbons (Fsp3) is 0.762. The molecule has 1 amide bonds. The Balaban J connectivity index is 0.00000120. The average Bonchev–Trinajstić information content (AvgIpc) is 3.11. The lowest BCUT2D eigenvalue weighted by molar-refractivity contribution is -0.132. The minimum absolute atomic E-state index is 0. The van der Waals surface area contributed by atoms with Crippen LogP contribution in [0.4, 0.5) is 5.95 Å². The van der Waals surface area contributed by atoms with E-state index in [9.17, 15) is 4.79 Å². The van der Waals surface area contributed by atoms with Crippen LogP contribution >= 0.6 is 24.8 Å². The Morgan fingerprint density at radius 2 is 1.69 bits per heavy atom. The van der Waals surface area contributed by atoms with E-state index in [-0.39, 0.29) is 30.2 Å². The van der Waals surface area contributed by atoms with Crippen molar-refractivity contribution >= 4 is 36.7 Å². The fourth-order valence-electron chi connectivity index (χ4n) is 6.47. The highest BCUT2D eigenvalue weighted by Gasteiger charge is 2.61. The minimum Gasteiger partial charge on any atom is -0.356 e.